The Hall–Kier alpha value is -3.38. The van der Waals surface area contributed by atoms with Crippen LogP contribution in [0.25, 0.3) is 0 Å². The monoisotopic (exact) mass is 645 g/mol. The smallest absolute Gasteiger partial charge is 0.407 e. The normalized spacial score (nSPS) is 14.5. The number of aliphatic hydroxyl groups excluding tert-OH is 2. The average Bonchev–Trinajstić information content (AvgIpc) is 2.95. The van der Waals surface area contributed by atoms with Gasteiger partial charge in [0.25, 0.3) is 0 Å². The van der Waals surface area contributed by atoms with Crippen LogP contribution < -0.4 is 20.7 Å². The van der Waals surface area contributed by atoms with Crippen LogP contribution in [0, 0.1) is 0 Å². The quantitative estimate of drug-likeness (QED) is 0.149. The summed E-state index contributed by atoms with van der Waals surface area (Å²) in [7, 11) is 1.68. The zero-order valence-corrected chi connectivity index (χ0v) is 28.5. The molecule has 0 aliphatic rings. The number of benzene rings is 2. The van der Waals surface area contributed by atoms with Crippen molar-refractivity contribution >= 4 is 12.2 Å². The molecule has 0 radical (unpaired) electrons. The van der Waals surface area contributed by atoms with Crippen LogP contribution >= 0.6 is 0 Å². The maximum atomic E-state index is 12.7. The van der Waals surface area contributed by atoms with Gasteiger partial charge in [-0.2, -0.15) is 0 Å². The number of unbranched alkanes of at least 4 members (excludes halogenated alkanes) is 1. The number of hydrogen-bond acceptors (Lipinski definition) is 9. The van der Waals surface area contributed by atoms with Crippen molar-refractivity contribution in [1.82, 2.24) is 16.0 Å². The molecule has 0 spiro atoms. The third-order valence-corrected chi connectivity index (χ3v) is 6.73. The van der Waals surface area contributed by atoms with Crippen LogP contribution in [-0.4, -0.2) is 91.3 Å². The molecule has 4 atom stereocenters. The number of rotatable bonds is 18. The lowest BCUT2D eigenvalue weighted by atomic mass is 10.00. The predicted molar refractivity (Wildman–Crippen MR) is 178 cm³/mol. The van der Waals surface area contributed by atoms with E-state index in [0.29, 0.717) is 26.1 Å². The number of carbonyl (C=O) groups is 2. The summed E-state index contributed by atoms with van der Waals surface area (Å²) in [6.07, 6.45) is -0.786. The number of alkyl carbamates (subject to hydrolysis) is 2. The van der Waals surface area contributed by atoms with Gasteiger partial charge in [-0.1, -0.05) is 42.5 Å². The van der Waals surface area contributed by atoms with Gasteiger partial charge in [-0.3, -0.25) is 0 Å². The van der Waals surface area contributed by atoms with Gasteiger partial charge < -0.3 is 45.1 Å². The molecule has 0 aliphatic heterocycles. The van der Waals surface area contributed by atoms with E-state index in [1.54, 1.807) is 48.7 Å². The lowest BCUT2D eigenvalue weighted by molar-refractivity contribution is 0.0399. The number of amides is 2. The molecule has 11 nitrogen and oxygen atoms in total. The molecule has 258 valence electrons. The molecule has 11 heteroatoms. The van der Waals surface area contributed by atoms with Crippen molar-refractivity contribution in [3.63, 3.8) is 0 Å². The molecule has 0 aliphatic carbocycles. The molecule has 0 aromatic heterocycles. The van der Waals surface area contributed by atoms with E-state index in [1.165, 1.54) is 0 Å². The van der Waals surface area contributed by atoms with Crippen LogP contribution in [0.3, 0.4) is 0 Å². The predicted octanol–water partition coefficient (Wildman–Crippen LogP) is 4.38. The van der Waals surface area contributed by atoms with Gasteiger partial charge in [-0.15, -0.1) is 0 Å². The van der Waals surface area contributed by atoms with Crippen molar-refractivity contribution in [3.8, 4) is 5.75 Å². The highest BCUT2D eigenvalue weighted by Gasteiger charge is 2.27. The van der Waals surface area contributed by atoms with Gasteiger partial charge in [-0.05, 0) is 90.5 Å². The summed E-state index contributed by atoms with van der Waals surface area (Å²) in [5.74, 6) is 0.735. The van der Waals surface area contributed by atoms with Crippen molar-refractivity contribution in [2.75, 3.05) is 33.4 Å². The number of methoxy groups -OCH3 is 1. The molecule has 2 rings (SSSR count). The van der Waals surface area contributed by atoms with Gasteiger partial charge in [0.1, 0.15) is 17.0 Å². The number of nitrogens with one attached hydrogen (secondary N) is 3. The van der Waals surface area contributed by atoms with Crippen molar-refractivity contribution < 1.29 is 38.7 Å². The average molecular weight is 646 g/mol. The Morgan fingerprint density at radius 1 is 0.696 bits per heavy atom. The number of ether oxygens (including phenoxy) is 4. The highest BCUT2D eigenvalue weighted by atomic mass is 16.6. The van der Waals surface area contributed by atoms with Crippen molar-refractivity contribution in [2.24, 2.45) is 0 Å². The molecule has 0 saturated heterocycles. The van der Waals surface area contributed by atoms with Gasteiger partial charge in [0.15, 0.2) is 0 Å². The van der Waals surface area contributed by atoms with E-state index in [2.05, 4.69) is 16.0 Å². The van der Waals surface area contributed by atoms with E-state index >= 15 is 0 Å². The first-order chi connectivity index (χ1) is 21.6. The summed E-state index contributed by atoms with van der Waals surface area (Å²) >= 11 is 0. The Bertz CT molecular complexity index is 1150. The number of carbonyl (C=O) groups excluding carboxylic acids is 2. The topological polar surface area (TPSA) is 148 Å². The summed E-state index contributed by atoms with van der Waals surface area (Å²) in [5.41, 5.74) is 0.421. The van der Waals surface area contributed by atoms with Crippen LogP contribution in [0.2, 0.25) is 0 Å². The zero-order valence-electron chi connectivity index (χ0n) is 28.5. The molecule has 5 N–H and O–H groups in total. The van der Waals surface area contributed by atoms with Crippen molar-refractivity contribution in [3.05, 3.63) is 65.7 Å². The minimum atomic E-state index is -1.03. The first-order valence-corrected chi connectivity index (χ1v) is 16.0. The molecule has 2 aromatic carbocycles. The maximum absolute atomic E-state index is 12.7. The van der Waals surface area contributed by atoms with E-state index in [9.17, 15) is 19.8 Å². The summed E-state index contributed by atoms with van der Waals surface area (Å²) < 4.78 is 21.7. The lowest BCUT2D eigenvalue weighted by Crippen LogP contribution is -2.53. The van der Waals surface area contributed by atoms with Crippen LogP contribution in [0.5, 0.6) is 5.75 Å². The molecule has 0 bridgehead atoms. The highest BCUT2D eigenvalue weighted by molar-refractivity contribution is 5.68. The second-order valence-electron chi connectivity index (χ2n) is 13.4. The Kier molecular flexibility index (Phi) is 16.3. The van der Waals surface area contributed by atoms with Gasteiger partial charge >= 0.3 is 12.2 Å². The van der Waals surface area contributed by atoms with Gasteiger partial charge in [0, 0.05) is 26.8 Å². The van der Waals surface area contributed by atoms with Crippen molar-refractivity contribution in [2.45, 2.75) is 103 Å². The van der Waals surface area contributed by atoms with Crippen LogP contribution in [0.15, 0.2) is 54.6 Å². The van der Waals surface area contributed by atoms with E-state index in [1.807, 2.05) is 54.6 Å². The van der Waals surface area contributed by atoms with Crippen LogP contribution in [0.4, 0.5) is 9.59 Å². The van der Waals surface area contributed by atoms with E-state index in [-0.39, 0.29) is 13.1 Å². The largest absolute Gasteiger partial charge is 0.494 e. The Labute approximate surface area is 274 Å². The van der Waals surface area contributed by atoms with E-state index in [0.717, 1.165) is 29.7 Å². The maximum Gasteiger partial charge on any atom is 0.407 e. The second-order valence-corrected chi connectivity index (χ2v) is 13.4. The Morgan fingerprint density at radius 2 is 1.15 bits per heavy atom. The lowest BCUT2D eigenvalue weighted by Gasteiger charge is -2.29. The molecule has 2 amide bonds. The fourth-order valence-corrected chi connectivity index (χ4v) is 4.53. The second kappa shape index (κ2) is 19.3. The summed E-state index contributed by atoms with van der Waals surface area (Å²) in [6, 6.07) is 15.7. The minimum Gasteiger partial charge on any atom is -0.494 e. The van der Waals surface area contributed by atoms with Crippen LogP contribution in [0.1, 0.15) is 65.5 Å². The van der Waals surface area contributed by atoms with Gasteiger partial charge in [0.2, 0.25) is 0 Å². The molecule has 0 saturated carbocycles. The first kappa shape index (κ1) is 38.8. The van der Waals surface area contributed by atoms with Crippen LogP contribution in [-0.2, 0) is 27.1 Å². The van der Waals surface area contributed by atoms with E-state index in [4.69, 9.17) is 18.9 Å². The molecule has 1 unspecified atom stereocenters. The SMILES string of the molecule is COCCCCOc1ccc(C[C@@H](NC(=O)OC(C)(C)C)C(O)CNC[C@H](O)[C@H](Cc2ccccc2)NC(=O)OC(C)(C)C)cc1. The molecular weight excluding hydrogens is 590 g/mol. The number of aliphatic hydroxyl groups is 2. The first-order valence-electron chi connectivity index (χ1n) is 16.0. The third-order valence-electron chi connectivity index (χ3n) is 6.73. The Balaban J connectivity index is 2.04. The van der Waals surface area contributed by atoms with E-state index < -0.39 is 47.7 Å². The standard InChI is InChI=1S/C35H55N3O8/c1-34(2,3)45-32(41)37-28(21-25-13-9-8-10-14-25)30(39)23-36-24-31(40)29(38-33(42)46-35(4,5)6)22-26-15-17-27(18-16-26)44-20-12-11-19-43-7/h8-10,13-18,28-31,36,39-40H,11-12,19-24H2,1-7H3,(H,37,41)(H,38,42)/t28-,29+,30-,31?/m0/s1. The highest BCUT2D eigenvalue weighted by Crippen LogP contribution is 2.16. The molecule has 46 heavy (non-hydrogen) atoms. The summed E-state index contributed by atoms with van der Waals surface area (Å²) in [6.45, 7) is 12.0. The Morgan fingerprint density at radius 3 is 1.61 bits per heavy atom. The van der Waals surface area contributed by atoms with Gasteiger partial charge in [0.05, 0.1) is 30.9 Å². The minimum absolute atomic E-state index is 0.0602. The molecule has 2 aromatic rings. The third kappa shape index (κ3) is 16.8. The molecule has 0 heterocycles. The van der Waals surface area contributed by atoms with Crippen molar-refractivity contribution in [1.29, 1.82) is 0 Å². The fourth-order valence-electron chi connectivity index (χ4n) is 4.53. The number of hydrogen-bond donors (Lipinski definition) is 5. The fraction of sp³-hybridized carbons (Fsp3) is 0.600. The zero-order chi connectivity index (χ0) is 34.2. The molecular formula is C35H55N3O8. The summed E-state index contributed by atoms with van der Waals surface area (Å²) in [4.78, 5) is 25.2. The molecule has 0 fully saturated rings. The van der Waals surface area contributed by atoms with Gasteiger partial charge in [-0.25, -0.2) is 9.59 Å². The summed E-state index contributed by atoms with van der Waals surface area (Å²) in [5, 5.41) is 30.9.